The van der Waals surface area contributed by atoms with Crippen LogP contribution in [-0.4, -0.2) is 11.9 Å². The topological polar surface area (TPSA) is 67.2 Å². The van der Waals surface area contributed by atoms with Crippen LogP contribution in [0.4, 0.5) is 0 Å². The monoisotopic (exact) mass is 151 g/mol. The number of nitriles is 1. The van der Waals surface area contributed by atoms with Crippen LogP contribution in [0, 0.1) is 11.3 Å². The van der Waals surface area contributed by atoms with Crippen LogP contribution in [0.25, 0.3) is 0 Å². The molecule has 11 heavy (non-hydrogen) atoms. The largest absolute Gasteiger partial charge is 0.387 e. The number of hydrogen-bond donors (Lipinski definition) is 0. The van der Waals surface area contributed by atoms with E-state index in [1.54, 1.807) is 6.07 Å². The van der Waals surface area contributed by atoms with Gasteiger partial charge in [0.2, 0.25) is 0 Å². The predicted molar refractivity (Wildman–Crippen MR) is 36.0 cm³/mol. The Morgan fingerprint density at radius 3 is 2.55 bits per heavy atom. The fraction of sp³-hybridized carbons (Fsp3) is 0. The molecule has 0 aromatic rings. The average molecular weight is 151 g/mol. The maximum Gasteiger partial charge on any atom is 0.339 e. The molecular formula is C7H5NO3. The Morgan fingerprint density at radius 1 is 1.45 bits per heavy atom. The molecule has 0 saturated heterocycles. The summed E-state index contributed by atoms with van der Waals surface area (Å²) in [5.74, 6) is -1.71. The number of ether oxygens (including phenoxy) is 1. The molecule has 56 valence electrons. The standard InChI is InChI=1S/C7H5NO3/c1-2-6(9)11-7(10)4-3-5-8/h2-4H,1H2. The molecule has 4 nitrogen and oxygen atoms in total. The van der Waals surface area contributed by atoms with E-state index in [0.717, 1.165) is 18.2 Å². The first kappa shape index (κ1) is 9.11. The quantitative estimate of drug-likeness (QED) is 0.247. The molecule has 0 N–H and O–H groups in total. The lowest BCUT2D eigenvalue weighted by Gasteiger charge is -1.90. The fourth-order valence-electron chi connectivity index (χ4n) is 0.280. The third-order valence-corrected chi connectivity index (χ3v) is 0.662. The van der Waals surface area contributed by atoms with Crippen molar-refractivity contribution in [3.63, 3.8) is 0 Å². The minimum Gasteiger partial charge on any atom is -0.387 e. The number of carbonyl (C=O) groups is 2. The average Bonchev–Trinajstić information content (AvgIpc) is 2.00. The molecular weight excluding hydrogens is 146 g/mol. The lowest BCUT2D eigenvalue weighted by atomic mass is 10.5. The van der Waals surface area contributed by atoms with Crippen molar-refractivity contribution < 1.29 is 14.3 Å². The van der Waals surface area contributed by atoms with Crippen LogP contribution in [0.15, 0.2) is 24.8 Å². The second-order valence-electron chi connectivity index (χ2n) is 1.41. The Hall–Kier alpha value is -1.89. The summed E-state index contributed by atoms with van der Waals surface area (Å²) in [4.78, 5) is 20.7. The smallest absolute Gasteiger partial charge is 0.339 e. The molecule has 0 saturated carbocycles. The molecule has 0 bridgehead atoms. The number of nitrogens with zero attached hydrogens (tertiary/aromatic N) is 1. The highest BCUT2D eigenvalue weighted by Crippen LogP contribution is 1.83. The van der Waals surface area contributed by atoms with E-state index in [2.05, 4.69) is 11.3 Å². The first-order chi connectivity index (χ1) is 5.20. The number of allylic oxidation sites excluding steroid dienone is 1. The summed E-state index contributed by atoms with van der Waals surface area (Å²) in [6.07, 6.45) is 2.62. The van der Waals surface area contributed by atoms with E-state index in [4.69, 9.17) is 5.26 Å². The van der Waals surface area contributed by atoms with E-state index in [-0.39, 0.29) is 0 Å². The summed E-state index contributed by atoms with van der Waals surface area (Å²) in [5, 5.41) is 7.96. The highest BCUT2D eigenvalue weighted by atomic mass is 16.6. The van der Waals surface area contributed by atoms with Crippen LogP contribution >= 0.6 is 0 Å². The molecule has 0 aromatic carbocycles. The Morgan fingerprint density at radius 2 is 2.09 bits per heavy atom. The van der Waals surface area contributed by atoms with Gasteiger partial charge < -0.3 is 4.74 Å². The molecule has 0 unspecified atom stereocenters. The van der Waals surface area contributed by atoms with Gasteiger partial charge in [0.15, 0.2) is 0 Å². The fourth-order valence-corrected chi connectivity index (χ4v) is 0.280. The van der Waals surface area contributed by atoms with E-state index in [9.17, 15) is 9.59 Å². The van der Waals surface area contributed by atoms with Crippen molar-refractivity contribution in [2.45, 2.75) is 0 Å². The Kier molecular flexibility index (Phi) is 4.09. The first-order valence-corrected chi connectivity index (χ1v) is 2.65. The van der Waals surface area contributed by atoms with Crippen LogP contribution in [0.3, 0.4) is 0 Å². The third-order valence-electron chi connectivity index (χ3n) is 0.662. The minimum atomic E-state index is -0.878. The van der Waals surface area contributed by atoms with Crippen molar-refractivity contribution in [2.75, 3.05) is 0 Å². The maximum absolute atomic E-state index is 10.4. The Bertz CT molecular complexity index is 247. The summed E-state index contributed by atoms with van der Waals surface area (Å²) >= 11 is 0. The van der Waals surface area contributed by atoms with Gasteiger partial charge in [-0.2, -0.15) is 5.26 Å². The van der Waals surface area contributed by atoms with Gasteiger partial charge in [0.1, 0.15) is 0 Å². The van der Waals surface area contributed by atoms with Gasteiger partial charge in [0.25, 0.3) is 0 Å². The van der Waals surface area contributed by atoms with Crippen LogP contribution in [0.1, 0.15) is 0 Å². The van der Waals surface area contributed by atoms with E-state index in [0.29, 0.717) is 0 Å². The molecule has 4 heteroatoms. The zero-order chi connectivity index (χ0) is 8.69. The molecule has 0 amide bonds. The molecule has 0 rings (SSSR count). The first-order valence-electron chi connectivity index (χ1n) is 2.65. The number of carbonyl (C=O) groups excluding carboxylic acids is 2. The summed E-state index contributed by atoms with van der Waals surface area (Å²) in [6.45, 7) is 3.08. The van der Waals surface area contributed by atoms with Crippen molar-refractivity contribution in [1.82, 2.24) is 0 Å². The van der Waals surface area contributed by atoms with Crippen LogP contribution < -0.4 is 0 Å². The number of hydrogen-bond acceptors (Lipinski definition) is 4. The van der Waals surface area contributed by atoms with E-state index < -0.39 is 11.9 Å². The minimum absolute atomic E-state index is 0.836. The Labute approximate surface area is 63.4 Å². The zero-order valence-corrected chi connectivity index (χ0v) is 5.61. The van der Waals surface area contributed by atoms with E-state index in [1.165, 1.54) is 0 Å². The molecule has 0 aliphatic carbocycles. The van der Waals surface area contributed by atoms with Crippen molar-refractivity contribution >= 4 is 11.9 Å². The van der Waals surface area contributed by atoms with Gasteiger partial charge in [0.05, 0.1) is 6.07 Å². The maximum atomic E-state index is 10.4. The zero-order valence-electron chi connectivity index (χ0n) is 5.61. The lowest BCUT2D eigenvalue weighted by Crippen LogP contribution is -2.06. The van der Waals surface area contributed by atoms with Gasteiger partial charge in [-0.3, -0.25) is 0 Å². The van der Waals surface area contributed by atoms with Gasteiger partial charge in [-0.25, -0.2) is 9.59 Å². The van der Waals surface area contributed by atoms with E-state index >= 15 is 0 Å². The van der Waals surface area contributed by atoms with Crippen molar-refractivity contribution in [2.24, 2.45) is 0 Å². The predicted octanol–water partition coefficient (Wildman–Crippen LogP) is 0.322. The second-order valence-corrected chi connectivity index (χ2v) is 1.41. The van der Waals surface area contributed by atoms with Gasteiger partial charge >= 0.3 is 11.9 Å². The SMILES string of the molecule is C=CC(=O)OC(=O)C=CC#N. The highest BCUT2D eigenvalue weighted by Gasteiger charge is 2.00. The van der Waals surface area contributed by atoms with Crippen LogP contribution in [0.2, 0.25) is 0 Å². The molecule has 0 atom stereocenters. The van der Waals surface area contributed by atoms with Crippen LogP contribution in [-0.2, 0) is 14.3 Å². The van der Waals surface area contributed by atoms with Gasteiger partial charge in [-0.1, -0.05) is 6.58 Å². The second kappa shape index (κ2) is 4.94. The van der Waals surface area contributed by atoms with Gasteiger partial charge in [-0.05, 0) is 0 Å². The lowest BCUT2D eigenvalue weighted by molar-refractivity contribution is -0.152. The Balaban J connectivity index is 3.90. The van der Waals surface area contributed by atoms with E-state index in [1.807, 2.05) is 0 Å². The van der Waals surface area contributed by atoms with Gasteiger partial charge in [0, 0.05) is 18.2 Å². The number of rotatable bonds is 2. The highest BCUT2D eigenvalue weighted by molar-refractivity contribution is 5.96. The van der Waals surface area contributed by atoms with Crippen LogP contribution in [0.5, 0.6) is 0 Å². The molecule has 0 aliphatic rings. The summed E-state index contributed by atoms with van der Waals surface area (Å²) in [7, 11) is 0. The molecule has 0 aromatic heterocycles. The molecule has 0 radical (unpaired) electrons. The molecule has 0 fully saturated rings. The van der Waals surface area contributed by atoms with Crippen molar-refractivity contribution in [3.05, 3.63) is 24.8 Å². The number of esters is 2. The molecule has 0 heterocycles. The molecule has 0 spiro atoms. The summed E-state index contributed by atoms with van der Waals surface area (Å²) in [5.41, 5.74) is 0. The summed E-state index contributed by atoms with van der Waals surface area (Å²) in [6, 6.07) is 1.57. The van der Waals surface area contributed by atoms with Crippen molar-refractivity contribution in [3.8, 4) is 6.07 Å². The van der Waals surface area contributed by atoms with Gasteiger partial charge in [-0.15, -0.1) is 0 Å². The third kappa shape index (κ3) is 4.60. The normalized spacial score (nSPS) is 8.64. The van der Waals surface area contributed by atoms with Crippen molar-refractivity contribution in [1.29, 1.82) is 5.26 Å². The molecule has 0 aliphatic heterocycles. The summed E-state index contributed by atoms with van der Waals surface area (Å²) < 4.78 is 4.07.